The number of hydrogen-bond acceptors (Lipinski definition) is 6. The van der Waals surface area contributed by atoms with Crippen molar-refractivity contribution in [2.45, 2.75) is 63.5 Å². The molecule has 1 N–H and O–H groups in total. The Hall–Kier alpha value is -3.04. The van der Waals surface area contributed by atoms with E-state index in [-0.39, 0.29) is 25.2 Å². The highest BCUT2D eigenvalue weighted by Gasteiger charge is 2.27. The Morgan fingerprint density at radius 2 is 1.54 bits per heavy atom. The molecule has 1 fully saturated rings. The molecule has 0 radical (unpaired) electrons. The average Bonchev–Trinajstić information content (AvgIpc) is 2.97. The van der Waals surface area contributed by atoms with E-state index < -0.39 is 25.2 Å². The van der Waals surface area contributed by atoms with Gasteiger partial charge in [0, 0.05) is 19.6 Å². The third kappa shape index (κ3) is 11.4. The predicted molar refractivity (Wildman–Crippen MR) is 151 cm³/mol. The van der Waals surface area contributed by atoms with Gasteiger partial charge in [0.05, 0.1) is 18.8 Å². The van der Waals surface area contributed by atoms with Crippen LogP contribution >= 0.6 is 0 Å². The van der Waals surface area contributed by atoms with E-state index >= 15 is 0 Å². The van der Waals surface area contributed by atoms with E-state index in [1.54, 1.807) is 13.2 Å². The fourth-order valence-corrected chi connectivity index (χ4v) is 5.10. The smallest absolute Gasteiger partial charge is 0.389 e. The molecule has 0 amide bonds. The number of ether oxygens (including phenoxy) is 4. The van der Waals surface area contributed by atoms with Gasteiger partial charge in [-0.1, -0.05) is 43.7 Å². The maximum absolute atomic E-state index is 12.4. The summed E-state index contributed by atoms with van der Waals surface area (Å²) in [5, 5.41) is 8.97. The lowest BCUT2D eigenvalue weighted by atomic mass is 9.77. The van der Waals surface area contributed by atoms with Gasteiger partial charge in [0.25, 0.3) is 0 Å². The van der Waals surface area contributed by atoms with Gasteiger partial charge in [-0.05, 0) is 72.8 Å². The van der Waals surface area contributed by atoms with Gasteiger partial charge in [-0.15, -0.1) is 0 Å². The minimum atomic E-state index is -4.05. The fourth-order valence-electron chi connectivity index (χ4n) is 5.10. The van der Waals surface area contributed by atoms with Crippen molar-refractivity contribution in [1.82, 2.24) is 0 Å². The molecule has 0 unspecified atom stereocenters. The lowest BCUT2D eigenvalue weighted by Crippen LogP contribution is -2.15. The fraction of sp³-hybridized carbons (Fsp3) is 0.531. The number of carbonyl (C=O) groups excluding carboxylic acids is 1. The molecule has 1 aliphatic carbocycles. The first-order valence-electron chi connectivity index (χ1n) is 14.2. The first kappa shape index (κ1) is 32.5. The molecule has 0 saturated heterocycles. The molecule has 9 heteroatoms. The Balaban J connectivity index is 1.58. The number of benzene rings is 2. The van der Waals surface area contributed by atoms with Crippen LogP contribution in [0.5, 0.6) is 11.5 Å². The van der Waals surface area contributed by atoms with Crippen molar-refractivity contribution in [1.29, 1.82) is 0 Å². The molecule has 41 heavy (non-hydrogen) atoms. The standard InChI is InChI=1S/C32H41F3O6/c1-23(22-36)31(37)41-18-17-40-30-20-28(19-29(21-30)39-16-15-38-2)27-12-10-26(11-13-27)25-8-6-24(7-9-25)5-3-4-14-32(33,34)35/h10-13,19-21,24-25,36H,1,3-9,14-18,22H2,2H3. The highest BCUT2D eigenvalue weighted by atomic mass is 19.4. The predicted octanol–water partition coefficient (Wildman–Crippen LogP) is 7.25. The topological polar surface area (TPSA) is 74.2 Å². The number of alkyl halides is 3. The number of carbonyl (C=O) groups is 1. The van der Waals surface area contributed by atoms with Crippen LogP contribution in [0.25, 0.3) is 11.1 Å². The summed E-state index contributed by atoms with van der Waals surface area (Å²) in [4.78, 5) is 11.7. The zero-order chi connectivity index (χ0) is 29.7. The van der Waals surface area contributed by atoms with Gasteiger partial charge < -0.3 is 24.1 Å². The first-order chi connectivity index (χ1) is 19.7. The van der Waals surface area contributed by atoms with Crippen LogP contribution in [0.15, 0.2) is 54.6 Å². The molecule has 0 atom stereocenters. The second-order valence-electron chi connectivity index (χ2n) is 10.5. The van der Waals surface area contributed by atoms with E-state index in [0.717, 1.165) is 43.2 Å². The Morgan fingerprint density at radius 1 is 0.902 bits per heavy atom. The summed E-state index contributed by atoms with van der Waals surface area (Å²) in [6.45, 7) is 3.92. The molecule has 0 heterocycles. The first-order valence-corrected chi connectivity index (χ1v) is 14.2. The molecule has 0 bridgehead atoms. The largest absolute Gasteiger partial charge is 0.491 e. The van der Waals surface area contributed by atoms with Gasteiger partial charge in [-0.25, -0.2) is 4.79 Å². The Labute approximate surface area is 240 Å². The molecule has 2 aromatic rings. The normalized spacial score (nSPS) is 17.2. The molecule has 1 saturated carbocycles. The Bertz CT molecular complexity index is 1090. The maximum Gasteiger partial charge on any atom is 0.389 e. The summed E-state index contributed by atoms with van der Waals surface area (Å²) in [6, 6.07) is 14.1. The van der Waals surface area contributed by atoms with E-state index in [0.29, 0.717) is 43.0 Å². The second-order valence-corrected chi connectivity index (χ2v) is 10.5. The van der Waals surface area contributed by atoms with Gasteiger partial charge in [0.2, 0.25) is 0 Å². The van der Waals surface area contributed by atoms with Crippen LogP contribution in [0.4, 0.5) is 13.2 Å². The van der Waals surface area contributed by atoms with E-state index in [1.807, 2.05) is 12.1 Å². The summed E-state index contributed by atoms with van der Waals surface area (Å²) in [5.74, 6) is 1.50. The number of halogens is 3. The number of esters is 1. The lowest BCUT2D eigenvalue weighted by Gasteiger charge is -2.29. The van der Waals surface area contributed by atoms with Crippen molar-refractivity contribution in [2.75, 3.05) is 40.1 Å². The zero-order valence-electron chi connectivity index (χ0n) is 23.7. The van der Waals surface area contributed by atoms with Crippen LogP contribution in [-0.4, -0.2) is 57.4 Å². The van der Waals surface area contributed by atoms with Crippen molar-refractivity contribution < 1.29 is 42.0 Å². The monoisotopic (exact) mass is 578 g/mol. The molecule has 2 aromatic carbocycles. The number of rotatable bonds is 16. The molecule has 226 valence electrons. The molecule has 0 aliphatic heterocycles. The SMILES string of the molecule is C=C(CO)C(=O)OCCOc1cc(OCCOC)cc(-c2ccc(C3CCC(CCCCC(F)(F)F)CC3)cc2)c1. The second kappa shape index (κ2) is 16.4. The van der Waals surface area contributed by atoms with Crippen LogP contribution in [0.1, 0.15) is 62.8 Å². The molecule has 1 aliphatic rings. The number of hydrogen-bond donors (Lipinski definition) is 1. The van der Waals surface area contributed by atoms with E-state index in [2.05, 4.69) is 30.8 Å². The maximum atomic E-state index is 12.4. The van der Waals surface area contributed by atoms with E-state index in [4.69, 9.17) is 24.1 Å². The quantitative estimate of drug-likeness (QED) is 0.129. The van der Waals surface area contributed by atoms with Crippen LogP contribution in [-0.2, 0) is 14.3 Å². The summed E-state index contributed by atoms with van der Waals surface area (Å²) >= 11 is 0. The molecule has 0 spiro atoms. The van der Waals surface area contributed by atoms with Gasteiger partial charge >= 0.3 is 12.1 Å². The zero-order valence-corrected chi connectivity index (χ0v) is 23.7. The summed E-state index contributed by atoms with van der Waals surface area (Å²) in [7, 11) is 1.60. The summed E-state index contributed by atoms with van der Waals surface area (Å²) in [5.41, 5.74) is 3.17. The lowest BCUT2D eigenvalue weighted by molar-refractivity contribution is -0.140. The van der Waals surface area contributed by atoms with Crippen molar-refractivity contribution in [3.63, 3.8) is 0 Å². The minimum absolute atomic E-state index is 0.00640. The van der Waals surface area contributed by atoms with Crippen molar-refractivity contribution in [3.05, 3.63) is 60.2 Å². The van der Waals surface area contributed by atoms with Crippen LogP contribution < -0.4 is 9.47 Å². The van der Waals surface area contributed by atoms with Crippen LogP contribution in [0, 0.1) is 5.92 Å². The van der Waals surface area contributed by atoms with E-state index in [1.165, 1.54) is 5.56 Å². The number of aliphatic hydroxyl groups is 1. The highest BCUT2D eigenvalue weighted by Crippen LogP contribution is 2.39. The average molecular weight is 579 g/mol. The highest BCUT2D eigenvalue weighted by molar-refractivity contribution is 5.87. The molecular formula is C32H41F3O6. The minimum Gasteiger partial charge on any atom is -0.491 e. The summed E-state index contributed by atoms with van der Waals surface area (Å²) in [6.07, 6.45) is 1.26. The van der Waals surface area contributed by atoms with Crippen molar-refractivity contribution in [2.24, 2.45) is 5.92 Å². The number of methoxy groups -OCH3 is 1. The van der Waals surface area contributed by atoms with Gasteiger partial charge in [-0.3, -0.25) is 0 Å². The van der Waals surface area contributed by atoms with Gasteiger partial charge in [0.15, 0.2) is 0 Å². The summed E-state index contributed by atoms with van der Waals surface area (Å²) < 4.78 is 58.9. The van der Waals surface area contributed by atoms with Crippen LogP contribution in [0.3, 0.4) is 0 Å². The molecule has 3 rings (SSSR count). The number of unbranched alkanes of at least 4 members (excludes halogenated alkanes) is 1. The molecule has 0 aromatic heterocycles. The van der Waals surface area contributed by atoms with E-state index in [9.17, 15) is 18.0 Å². The third-order valence-electron chi connectivity index (χ3n) is 7.39. The Morgan fingerprint density at radius 3 is 2.12 bits per heavy atom. The molecule has 6 nitrogen and oxygen atoms in total. The number of aliphatic hydroxyl groups excluding tert-OH is 1. The molecular weight excluding hydrogens is 537 g/mol. The van der Waals surface area contributed by atoms with Crippen LogP contribution in [0.2, 0.25) is 0 Å². The van der Waals surface area contributed by atoms with Gasteiger partial charge in [-0.2, -0.15) is 13.2 Å². The van der Waals surface area contributed by atoms with Crippen molar-refractivity contribution in [3.8, 4) is 22.6 Å². The Kier molecular flexibility index (Phi) is 13.0. The van der Waals surface area contributed by atoms with Crippen molar-refractivity contribution >= 4 is 5.97 Å². The van der Waals surface area contributed by atoms with Gasteiger partial charge in [0.1, 0.15) is 31.3 Å². The third-order valence-corrected chi connectivity index (χ3v) is 7.39.